The molecule has 96 valence electrons. The van der Waals surface area contributed by atoms with Gasteiger partial charge in [-0.3, -0.25) is 4.90 Å². The van der Waals surface area contributed by atoms with Gasteiger partial charge in [0.25, 0.3) is 0 Å². The summed E-state index contributed by atoms with van der Waals surface area (Å²) >= 11 is 0. The molecule has 0 bridgehead atoms. The fourth-order valence-electron chi connectivity index (χ4n) is 1.69. The van der Waals surface area contributed by atoms with Crippen LogP contribution in [0.1, 0.15) is 34.6 Å². The van der Waals surface area contributed by atoms with Crippen molar-refractivity contribution in [1.82, 2.24) is 4.90 Å². The fourth-order valence-corrected chi connectivity index (χ4v) is 1.69. The van der Waals surface area contributed by atoms with Gasteiger partial charge in [0.1, 0.15) is 0 Å². The second-order valence-corrected chi connectivity index (χ2v) is 5.70. The molecular formula is C12H25NO3. The molecule has 1 aliphatic heterocycles. The minimum absolute atomic E-state index is 0.187. The third-order valence-electron chi connectivity index (χ3n) is 2.64. The van der Waals surface area contributed by atoms with Crippen molar-refractivity contribution in [3.63, 3.8) is 0 Å². The maximum atomic E-state index is 9.96. The van der Waals surface area contributed by atoms with E-state index in [-0.39, 0.29) is 11.7 Å². The van der Waals surface area contributed by atoms with Crippen LogP contribution in [0.15, 0.2) is 0 Å². The van der Waals surface area contributed by atoms with Crippen LogP contribution in [0.25, 0.3) is 0 Å². The molecule has 4 nitrogen and oxygen atoms in total. The van der Waals surface area contributed by atoms with Crippen LogP contribution in [0.5, 0.6) is 0 Å². The van der Waals surface area contributed by atoms with Crippen molar-refractivity contribution in [2.24, 2.45) is 5.92 Å². The number of nitrogens with zero attached hydrogens (tertiary/aromatic N) is 1. The van der Waals surface area contributed by atoms with Crippen LogP contribution in [0.2, 0.25) is 0 Å². The van der Waals surface area contributed by atoms with Crippen LogP contribution < -0.4 is 0 Å². The van der Waals surface area contributed by atoms with Crippen molar-refractivity contribution in [3.05, 3.63) is 0 Å². The van der Waals surface area contributed by atoms with Gasteiger partial charge in [-0.05, 0) is 26.7 Å². The maximum Gasteiger partial charge on any atom is 0.216 e. The summed E-state index contributed by atoms with van der Waals surface area (Å²) in [7, 11) is 0. The zero-order chi connectivity index (χ0) is 12.3. The Morgan fingerprint density at radius 3 is 2.50 bits per heavy atom. The molecule has 2 atom stereocenters. The van der Waals surface area contributed by atoms with Gasteiger partial charge >= 0.3 is 0 Å². The van der Waals surface area contributed by atoms with E-state index in [2.05, 4.69) is 13.8 Å². The molecule has 0 radical (unpaired) electrons. The molecule has 1 saturated heterocycles. The lowest BCUT2D eigenvalue weighted by molar-refractivity contribution is -0.257. The Morgan fingerprint density at radius 1 is 1.38 bits per heavy atom. The first-order valence-corrected chi connectivity index (χ1v) is 6.01. The second-order valence-electron chi connectivity index (χ2n) is 5.70. The smallest absolute Gasteiger partial charge is 0.216 e. The Hall–Kier alpha value is -0.160. The summed E-state index contributed by atoms with van der Waals surface area (Å²) in [6, 6.07) is 0. The molecule has 1 N–H and O–H groups in total. The van der Waals surface area contributed by atoms with E-state index in [1.165, 1.54) is 0 Å². The van der Waals surface area contributed by atoms with E-state index in [1.54, 1.807) is 0 Å². The Labute approximate surface area is 98.5 Å². The van der Waals surface area contributed by atoms with Crippen molar-refractivity contribution < 1.29 is 14.6 Å². The van der Waals surface area contributed by atoms with E-state index < -0.39 is 6.41 Å². The monoisotopic (exact) mass is 231 g/mol. The Balaban J connectivity index is 2.47. The summed E-state index contributed by atoms with van der Waals surface area (Å²) in [6.07, 6.45) is -0.642. The molecule has 16 heavy (non-hydrogen) atoms. The molecule has 0 aliphatic carbocycles. The van der Waals surface area contributed by atoms with E-state index in [0.717, 1.165) is 13.1 Å². The Morgan fingerprint density at radius 2 is 2.00 bits per heavy atom. The summed E-state index contributed by atoms with van der Waals surface area (Å²) < 4.78 is 11.2. The minimum atomic E-state index is -0.829. The largest absolute Gasteiger partial charge is 0.375 e. The average molecular weight is 231 g/mol. The lowest BCUT2D eigenvalue weighted by atomic mass is 10.1. The summed E-state index contributed by atoms with van der Waals surface area (Å²) in [6.45, 7) is 12.2. The molecular weight excluding hydrogens is 206 g/mol. The molecule has 1 aliphatic rings. The zero-order valence-electron chi connectivity index (χ0n) is 11.1. The second kappa shape index (κ2) is 5.45. The average Bonchev–Trinajstić information content (AvgIpc) is 2.15. The maximum absolute atomic E-state index is 9.96. The highest BCUT2D eigenvalue weighted by Crippen LogP contribution is 2.18. The van der Waals surface area contributed by atoms with Crippen LogP contribution in [0.3, 0.4) is 0 Å². The molecule has 1 rings (SSSR count). The third kappa shape index (κ3) is 4.37. The highest BCUT2D eigenvalue weighted by molar-refractivity contribution is 4.74. The molecule has 0 amide bonds. The first-order valence-electron chi connectivity index (χ1n) is 6.01. The van der Waals surface area contributed by atoms with Gasteiger partial charge in [-0.15, -0.1) is 0 Å². The predicted octanol–water partition coefficient (Wildman–Crippen LogP) is 1.43. The number of aliphatic hydroxyl groups is 1. The van der Waals surface area contributed by atoms with Gasteiger partial charge in [0, 0.05) is 13.1 Å². The quantitative estimate of drug-likeness (QED) is 0.746. The van der Waals surface area contributed by atoms with Gasteiger partial charge in [-0.1, -0.05) is 13.8 Å². The van der Waals surface area contributed by atoms with Crippen molar-refractivity contribution in [2.75, 3.05) is 19.7 Å². The normalized spacial score (nSPS) is 26.1. The van der Waals surface area contributed by atoms with Crippen molar-refractivity contribution in [2.45, 2.75) is 52.7 Å². The number of rotatable bonds is 3. The van der Waals surface area contributed by atoms with E-state index in [4.69, 9.17) is 9.47 Å². The zero-order valence-corrected chi connectivity index (χ0v) is 11.1. The summed E-state index contributed by atoms with van der Waals surface area (Å²) in [5.41, 5.74) is -0.328. The van der Waals surface area contributed by atoms with Crippen molar-refractivity contribution in [3.8, 4) is 0 Å². The van der Waals surface area contributed by atoms with E-state index in [9.17, 15) is 5.11 Å². The van der Waals surface area contributed by atoms with Gasteiger partial charge in [0.2, 0.25) is 6.41 Å². The Bertz CT molecular complexity index is 213. The van der Waals surface area contributed by atoms with Gasteiger partial charge in [-0.2, -0.15) is 0 Å². The lowest BCUT2D eigenvalue weighted by Gasteiger charge is -2.39. The molecule has 0 spiro atoms. The predicted molar refractivity (Wildman–Crippen MR) is 63.0 cm³/mol. The van der Waals surface area contributed by atoms with Crippen molar-refractivity contribution in [1.29, 1.82) is 0 Å². The highest BCUT2D eigenvalue weighted by atomic mass is 16.6. The number of hydrogen-bond donors (Lipinski definition) is 1. The van der Waals surface area contributed by atoms with E-state index >= 15 is 0 Å². The molecule has 1 unspecified atom stereocenters. The molecule has 0 aromatic rings. The third-order valence-corrected chi connectivity index (χ3v) is 2.64. The van der Waals surface area contributed by atoms with Gasteiger partial charge in [-0.25, -0.2) is 0 Å². The summed E-state index contributed by atoms with van der Waals surface area (Å²) in [5, 5.41) is 9.96. The number of morpholine rings is 1. The van der Waals surface area contributed by atoms with Gasteiger partial charge in [0.15, 0.2) is 0 Å². The van der Waals surface area contributed by atoms with Crippen LogP contribution in [0, 0.1) is 5.92 Å². The van der Waals surface area contributed by atoms with E-state index in [1.807, 2.05) is 25.7 Å². The van der Waals surface area contributed by atoms with Crippen LogP contribution in [-0.4, -0.2) is 47.8 Å². The van der Waals surface area contributed by atoms with Gasteiger partial charge in [0.05, 0.1) is 18.3 Å². The van der Waals surface area contributed by atoms with Gasteiger partial charge < -0.3 is 14.6 Å². The van der Waals surface area contributed by atoms with Crippen LogP contribution >= 0.6 is 0 Å². The lowest BCUT2D eigenvalue weighted by Crippen LogP contribution is -2.51. The van der Waals surface area contributed by atoms with Crippen molar-refractivity contribution >= 4 is 0 Å². The van der Waals surface area contributed by atoms with Crippen LogP contribution in [-0.2, 0) is 9.47 Å². The molecule has 0 aromatic carbocycles. The fraction of sp³-hybridized carbons (Fsp3) is 1.00. The summed E-state index contributed by atoms with van der Waals surface area (Å²) in [4.78, 5) is 1.93. The molecule has 1 fully saturated rings. The molecule has 4 heteroatoms. The molecule has 1 heterocycles. The SMILES string of the molecule is CC(C)[C@@H]1CN(C(O)OC(C)(C)C)CCO1. The number of ether oxygens (including phenoxy) is 2. The standard InChI is InChI=1S/C12H25NO3/c1-9(2)10-8-13(6-7-15-10)11(14)16-12(3,4)5/h9-11,14H,6-8H2,1-5H3/t10-,11?/m0/s1. The summed E-state index contributed by atoms with van der Waals surface area (Å²) in [5.74, 6) is 0.463. The topological polar surface area (TPSA) is 41.9 Å². The van der Waals surface area contributed by atoms with Crippen LogP contribution in [0.4, 0.5) is 0 Å². The van der Waals surface area contributed by atoms with E-state index in [0.29, 0.717) is 12.5 Å². The first-order chi connectivity index (χ1) is 7.29. The first kappa shape index (κ1) is 13.9. The molecule has 0 saturated carbocycles. The molecule has 0 aromatic heterocycles. The highest BCUT2D eigenvalue weighted by Gasteiger charge is 2.29. The number of hydrogen-bond acceptors (Lipinski definition) is 4. The number of aliphatic hydroxyl groups excluding tert-OH is 1. The Kier molecular flexibility index (Phi) is 4.73. The minimum Gasteiger partial charge on any atom is -0.375 e.